The van der Waals surface area contributed by atoms with Gasteiger partial charge in [0, 0.05) is 23.9 Å². The highest BCUT2D eigenvalue weighted by Gasteiger charge is 2.43. The molecule has 0 unspecified atom stereocenters. The number of carbonyl (C=O) groups excluding carboxylic acids is 3. The molecular weight excluding hydrogens is 430 g/mol. The van der Waals surface area contributed by atoms with Gasteiger partial charge in [0.2, 0.25) is 11.8 Å². The van der Waals surface area contributed by atoms with Crippen LogP contribution in [0.25, 0.3) is 10.4 Å². The average molecular weight is 456 g/mol. The molecule has 3 N–H and O–H groups in total. The Morgan fingerprint density at radius 1 is 1.25 bits per heavy atom. The van der Waals surface area contributed by atoms with Gasteiger partial charge in [-0.15, -0.1) is 11.3 Å². The Labute approximate surface area is 189 Å². The van der Waals surface area contributed by atoms with Crippen LogP contribution in [-0.2, 0) is 14.4 Å². The van der Waals surface area contributed by atoms with Crippen molar-refractivity contribution < 1.29 is 24.3 Å². The van der Waals surface area contributed by atoms with Crippen molar-refractivity contribution in [2.24, 2.45) is 5.41 Å². The van der Waals surface area contributed by atoms with Crippen molar-refractivity contribution in [1.82, 2.24) is 10.2 Å². The lowest BCUT2D eigenvalue weighted by Crippen LogP contribution is -2.41. The molecule has 0 radical (unpaired) electrons. The maximum Gasteiger partial charge on any atom is 0.303 e. The van der Waals surface area contributed by atoms with Gasteiger partial charge in [0.05, 0.1) is 17.7 Å². The van der Waals surface area contributed by atoms with Crippen molar-refractivity contribution in [2.45, 2.75) is 45.2 Å². The van der Waals surface area contributed by atoms with Crippen molar-refractivity contribution in [3.8, 4) is 10.4 Å². The first kappa shape index (κ1) is 22.0. The molecule has 0 bridgehead atoms. The van der Waals surface area contributed by atoms with Crippen LogP contribution < -0.4 is 10.6 Å². The summed E-state index contributed by atoms with van der Waals surface area (Å²) in [6, 6.07) is 8.32. The number of anilines is 1. The van der Waals surface area contributed by atoms with E-state index in [-0.39, 0.29) is 43.1 Å². The SMILES string of the molecule is CC(C)(CC(=O)O)CC(=O)N[C@@H]1C[C@@H]2C(=O)Nc3ccc(-c4cccs4)cc3C(=O)N2C1. The maximum atomic E-state index is 13.3. The summed E-state index contributed by atoms with van der Waals surface area (Å²) in [6.45, 7) is 3.68. The quantitative estimate of drug-likeness (QED) is 0.619. The molecule has 2 aromatic rings. The molecular formula is C23H25N3O5S. The molecule has 1 fully saturated rings. The lowest BCUT2D eigenvalue weighted by atomic mass is 9.85. The van der Waals surface area contributed by atoms with Gasteiger partial charge in [0.25, 0.3) is 5.91 Å². The molecule has 1 saturated heterocycles. The van der Waals surface area contributed by atoms with Crippen LogP contribution >= 0.6 is 11.3 Å². The maximum absolute atomic E-state index is 13.3. The minimum atomic E-state index is -0.958. The highest BCUT2D eigenvalue weighted by Crippen LogP contribution is 2.33. The molecule has 4 rings (SSSR count). The van der Waals surface area contributed by atoms with E-state index >= 15 is 0 Å². The molecule has 3 amide bonds. The number of benzene rings is 1. The zero-order chi connectivity index (χ0) is 23.0. The average Bonchev–Trinajstić information content (AvgIpc) is 3.34. The fraction of sp³-hybridized carbons (Fsp3) is 0.391. The summed E-state index contributed by atoms with van der Waals surface area (Å²) in [5.41, 5.74) is 1.14. The molecule has 0 spiro atoms. The number of nitrogens with one attached hydrogen (secondary N) is 2. The number of carboxylic acids is 1. The first-order chi connectivity index (χ1) is 15.1. The van der Waals surface area contributed by atoms with Gasteiger partial charge in [-0.1, -0.05) is 26.0 Å². The van der Waals surface area contributed by atoms with Gasteiger partial charge in [-0.05, 0) is 41.0 Å². The standard InChI is InChI=1S/C23H25N3O5S/c1-23(2,11-20(28)29)10-19(27)24-14-9-17-21(30)25-16-6-5-13(18-4-3-7-32-18)8-15(16)22(31)26(17)12-14/h3-8,14,17H,9-12H2,1-2H3,(H,24,27)(H,25,30)(H,28,29)/t14-,17-/m1/s1. The summed E-state index contributed by atoms with van der Waals surface area (Å²) in [5, 5.41) is 16.7. The number of aliphatic carboxylic acids is 1. The highest BCUT2D eigenvalue weighted by molar-refractivity contribution is 7.13. The molecule has 2 aliphatic rings. The largest absolute Gasteiger partial charge is 0.481 e. The molecule has 0 aliphatic carbocycles. The lowest BCUT2D eigenvalue weighted by molar-refractivity contribution is -0.139. The molecule has 3 heterocycles. The zero-order valence-corrected chi connectivity index (χ0v) is 18.7. The smallest absolute Gasteiger partial charge is 0.303 e. The Morgan fingerprint density at radius 2 is 2.03 bits per heavy atom. The predicted molar refractivity (Wildman–Crippen MR) is 120 cm³/mol. The molecule has 168 valence electrons. The molecule has 32 heavy (non-hydrogen) atoms. The third kappa shape index (κ3) is 4.52. The predicted octanol–water partition coefficient (Wildman–Crippen LogP) is 2.96. The minimum absolute atomic E-state index is 0.0492. The number of carboxylic acid groups (broad SMARTS) is 1. The number of nitrogens with zero attached hydrogens (tertiary/aromatic N) is 1. The number of thiophene rings is 1. The third-order valence-electron chi connectivity index (χ3n) is 5.81. The number of fused-ring (bicyclic) bond motifs is 2. The lowest BCUT2D eigenvalue weighted by Gasteiger charge is -2.23. The molecule has 9 heteroatoms. The fourth-order valence-corrected chi connectivity index (χ4v) is 5.12. The first-order valence-electron chi connectivity index (χ1n) is 10.4. The first-order valence-corrected chi connectivity index (χ1v) is 11.3. The van der Waals surface area contributed by atoms with E-state index < -0.39 is 17.4 Å². The van der Waals surface area contributed by atoms with Gasteiger partial charge in [0.1, 0.15) is 6.04 Å². The molecule has 2 atom stereocenters. The Bertz CT molecular complexity index is 1080. The minimum Gasteiger partial charge on any atom is -0.481 e. The van der Waals surface area contributed by atoms with E-state index in [4.69, 9.17) is 5.11 Å². The van der Waals surface area contributed by atoms with Crippen LogP contribution in [0.3, 0.4) is 0 Å². The second-order valence-corrected chi connectivity index (χ2v) is 10.1. The molecule has 1 aromatic carbocycles. The van der Waals surface area contributed by atoms with E-state index in [0.29, 0.717) is 17.7 Å². The zero-order valence-electron chi connectivity index (χ0n) is 17.9. The number of rotatable bonds is 6. The van der Waals surface area contributed by atoms with Gasteiger partial charge in [0.15, 0.2) is 0 Å². The second-order valence-electron chi connectivity index (χ2n) is 9.11. The van der Waals surface area contributed by atoms with E-state index in [1.807, 2.05) is 23.6 Å². The second kappa shape index (κ2) is 8.38. The molecule has 1 aromatic heterocycles. The van der Waals surface area contributed by atoms with Crippen molar-refractivity contribution in [2.75, 3.05) is 11.9 Å². The van der Waals surface area contributed by atoms with Crippen LogP contribution in [0.2, 0.25) is 0 Å². The number of hydrogen-bond donors (Lipinski definition) is 3. The summed E-state index contributed by atoms with van der Waals surface area (Å²) < 4.78 is 0. The van der Waals surface area contributed by atoms with Crippen molar-refractivity contribution >= 4 is 40.7 Å². The Hall–Kier alpha value is -3.20. The van der Waals surface area contributed by atoms with E-state index in [0.717, 1.165) is 10.4 Å². The van der Waals surface area contributed by atoms with Crippen molar-refractivity contribution in [3.05, 3.63) is 41.3 Å². The fourth-order valence-electron chi connectivity index (χ4n) is 4.40. The van der Waals surface area contributed by atoms with Gasteiger partial charge in [-0.2, -0.15) is 0 Å². The van der Waals surface area contributed by atoms with Crippen LogP contribution in [0, 0.1) is 5.41 Å². The van der Waals surface area contributed by atoms with Gasteiger partial charge in [-0.3, -0.25) is 19.2 Å². The van der Waals surface area contributed by atoms with E-state index in [1.165, 1.54) is 4.90 Å². The number of carbonyl (C=O) groups is 4. The summed E-state index contributed by atoms with van der Waals surface area (Å²) in [5.74, 6) is -1.76. The Kier molecular flexibility index (Phi) is 5.77. The van der Waals surface area contributed by atoms with E-state index in [2.05, 4.69) is 10.6 Å². The van der Waals surface area contributed by atoms with E-state index in [1.54, 1.807) is 37.3 Å². The monoisotopic (exact) mass is 455 g/mol. The normalized spacial score (nSPS) is 20.2. The van der Waals surface area contributed by atoms with Crippen molar-refractivity contribution in [1.29, 1.82) is 0 Å². The Balaban J connectivity index is 1.49. The van der Waals surface area contributed by atoms with Crippen LogP contribution in [-0.4, -0.2) is 52.3 Å². The molecule has 0 saturated carbocycles. The summed E-state index contributed by atoms with van der Waals surface area (Å²) in [6.07, 6.45) is 0.242. The van der Waals surface area contributed by atoms with Crippen LogP contribution in [0.1, 0.15) is 43.5 Å². The van der Waals surface area contributed by atoms with Gasteiger partial charge in [-0.25, -0.2) is 0 Å². The van der Waals surface area contributed by atoms with Gasteiger partial charge < -0.3 is 20.6 Å². The molecule has 2 aliphatic heterocycles. The van der Waals surface area contributed by atoms with Crippen molar-refractivity contribution in [3.63, 3.8) is 0 Å². The number of amides is 3. The highest BCUT2D eigenvalue weighted by atomic mass is 32.1. The third-order valence-corrected chi connectivity index (χ3v) is 6.73. The summed E-state index contributed by atoms with van der Waals surface area (Å²) in [4.78, 5) is 52.2. The Morgan fingerprint density at radius 3 is 2.72 bits per heavy atom. The van der Waals surface area contributed by atoms with Crippen LogP contribution in [0.5, 0.6) is 0 Å². The van der Waals surface area contributed by atoms with Crippen LogP contribution in [0.15, 0.2) is 35.7 Å². The van der Waals surface area contributed by atoms with E-state index in [9.17, 15) is 19.2 Å². The summed E-state index contributed by atoms with van der Waals surface area (Å²) >= 11 is 1.57. The van der Waals surface area contributed by atoms with Gasteiger partial charge >= 0.3 is 5.97 Å². The number of hydrogen-bond acceptors (Lipinski definition) is 5. The topological polar surface area (TPSA) is 116 Å². The summed E-state index contributed by atoms with van der Waals surface area (Å²) in [7, 11) is 0. The van der Waals surface area contributed by atoms with Crippen LogP contribution in [0.4, 0.5) is 5.69 Å². The molecule has 8 nitrogen and oxygen atoms in total.